The molecule has 1 aliphatic carbocycles. The van der Waals surface area contributed by atoms with E-state index in [4.69, 9.17) is 53.8 Å². The maximum atomic E-state index is 11.7. The van der Waals surface area contributed by atoms with E-state index in [-0.39, 0.29) is 48.2 Å². The Morgan fingerprint density at radius 3 is 2.70 bits per heavy atom. The Balaban J connectivity index is 1.51. The van der Waals surface area contributed by atoms with E-state index >= 15 is 0 Å². The molecule has 0 spiro atoms. The number of nitrogens with one attached hydrogen (secondary N) is 1. The van der Waals surface area contributed by atoms with Crippen molar-refractivity contribution in [3.8, 4) is 0 Å². The fourth-order valence-corrected chi connectivity index (χ4v) is 4.72. The van der Waals surface area contributed by atoms with Gasteiger partial charge in [0.2, 0.25) is 5.76 Å². The molecule has 164 valence electrons. The summed E-state index contributed by atoms with van der Waals surface area (Å²) in [5.41, 5.74) is 0.858. The molecule has 1 aromatic heterocycles. The topological polar surface area (TPSA) is 80.9 Å². The summed E-state index contributed by atoms with van der Waals surface area (Å²) in [5.74, 6) is 0.130. The molecule has 2 N–H and O–H groups in total. The number of carbonyl (C=O) groups is 1. The minimum Gasteiger partial charge on any atom is -0.457 e. The third-order valence-electron chi connectivity index (χ3n) is 5.07. The van der Waals surface area contributed by atoms with Gasteiger partial charge in [-0.2, -0.15) is 0 Å². The lowest BCUT2D eigenvalue weighted by atomic mass is 9.96. The smallest absolute Gasteiger partial charge is 0.374 e. The molecule has 0 bridgehead atoms. The van der Waals surface area contributed by atoms with Gasteiger partial charge in [-0.15, -0.1) is 23.2 Å². The number of alkyl halides is 2. The fraction of sp³-hybridized carbons (Fsp3) is 0.476. The van der Waals surface area contributed by atoms with Gasteiger partial charge in [-0.25, -0.2) is 4.79 Å². The van der Waals surface area contributed by atoms with Gasteiger partial charge in [0, 0.05) is 23.2 Å². The Bertz CT molecular complexity index is 830. The predicted molar refractivity (Wildman–Crippen MR) is 117 cm³/mol. The maximum absolute atomic E-state index is 11.7. The molecule has 1 saturated carbocycles. The molecule has 30 heavy (non-hydrogen) atoms. The number of aliphatic hydroxyl groups excluding tert-OH is 1. The lowest BCUT2D eigenvalue weighted by Crippen LogP contribution is -2.29. The fourth-order valence-electron chi connectivity index (χ4n) is 3.51. The van der Waals surface area contributed by atoms with Crippen LogP contribution in [-0.2, 0) is 16.1 Å². The minimum absolute atomic E-state index is 0.0624. The Kier molecular flexibility index (Phi) is 8.72. The molecule has 2 unspecified atom stereocenters. The predicted octanol–water partition coefficient (Wildman–Crippen LogP) is 4.56. The van der Waals surface area contributed by atoms with Crippen LogP contribution in [0.15, 0.2) is 40.8 Å². The third-order valence-corrected chi connectivity index (χ3v) is 6.41. The zero-order chi connectivity index (χ0) is 21.5. The zero-order valence-corrected chi connectivity index (χ0v) is 18.5. The van der Waals surface area contributed by atoms with E-state index in [0.29, 0.717) is 30.4 Å². The zero-order valence-electron chi connectivity index (χ0n) is 16.2. The van der Waals surface area contributed by atoms with Crippen molar-refractivity contribution >= 4 is 46.5 Å². The highest BCUT2D eigenvalue weighted by Gasteiger charge is 2.41. The largest absolute Gasteiger partial charge is 0.457 e. The Morgan fingerprint density at radius 2 is 1.93 bits per heavy atom. The van der Waals surface area contributed by atoms with Crippen molar-refractivity contribution in [1.29, 1.82) is 0 Å². The number of halogens is 3. The summed E-state index contributed by atoms with van der Waals surface area (Å²) in [4.78, 5) is 11.7. The Hall–Kier alpha value is -1.44. The molecule has 1 aliphatic rings. The molecule has 0 saturated heterocycles. The van der Waals surface area contributed by atoms with Crippen molar-refractivity contribution in [3.05, 3.63) is 52.9 Å². The number of anilines is 1. The van der Waals surface area contributed by atoms with Gasteiger partial charge in [0.1, 0.15) is 19.0 Å². The van der Waals surface area contributed by atoms with Crippen molar-refractivity contribution in [2.45, 2.75) is 23.8 Å². The van der Waals surface area contributed by atoms with Crippen LogP contribution in [-0.4, -0.2) is 48.2 Å². The van der Waals surface area contributed by atoms with Gasteiger partial charge in [0.05, 0.1) is 23.9 Å². The Labute approximate surface area is 190 Å². The molecule has 1 fully saturated rings. The third kappa shape index (κ3) is 6.05. The van der Waals surface area contributed by atoms with E-state index in [2.05, 4.69) is 5.32 Å². The number of carbonyl (C=O) groups excluding carboxylic acids is 1. The highest BCUT2D eigenvalue weighted by Crippen LogP contribution is 2.40. The minimum atomic E-state index is -0.623. The first-order chi connectivity index (χ1) is 14.5. The molecule has 3 rings (SSSR count). The van der Waals surface area contributed by atoms with Gasteiger partial charge < -0.3 is 24.3 Å². The van der Waals surface area contributed by atoms with Crippen molar-refractivity contribution in [2.75, 3.05) is 31.7 Å². The van der Waals surface area contributed by atoms with Crippen molar-refractivity contribution in [3.63, 3.8) is 0 Å². The van der Waals surface area contributed by atoms with Crippen LogP contribution in [0.2, 0.25) is 5.02 Å². The van der Waals surface area contributed by atoms with Crippen molar-refractivity contribution in [2.24, 2.45) is 11.8 Å². The highest BCUT2D eigenvalue weighted by atomic mass is 35.5. The molecule has 0 aliphatic heterocycles. The summed E-state index contributed by atoms with van der Waals surface area (Å²) in [6, 6.07) is 10.7. The first-order valence-corrected chi connectivity index (χ1v) is 11.0. The van der Waals surface area contributed by atoms with Crippen molar-refractivity contribution < 1.29 is 23.8 Å². The van der Waals surface area contributed by atoms with Gasteiger partial charge in [0.15, 0.2) is 0 Å². The molecule has 0 amide bonds. The lowest BCUT2D eigenvalue weighted by Gasteiger charge is -2.24. The first-order valence-electron chi connectivity index (χ1n) is 9.70. The number of esters is 1. The van der Waals surface area contributed by atoms with Crippen LogP contribution < -0.4 is 5.32 Å². The second-order valence-corrected chi connectivity index (χ2v) is 8.63. The lowest BCUT2D eigenvalue weighted by molar-refractivity contribution is 0.0381. The molecule has 0 radical (unpaired) electrons. The van der Waals surface area contributed by atoms with Crippen LogP contribution in [0, 0.1) is 11.8 Å². The van der Waals surface area contributed by atoms with E-state index in [1.807, 2.05) is 24.3 Å². The molecule has 9 heteroatoms. The SMILES string of the molecule is O=C(OCCO)c1ccc(COC[C@H]2C(Cl)CC(Cl)[C@@H]2CNc2ccccc2Cl)o1. The van der Waals surface area contributed by atoms with Crippen LogP contribution in [0.5, 0.6) is 0 Å². The van der Waals surface area contributed by atoms with E-state index in [1.165, 1.54) is 6.07 Å². The molecule has 2 aromatic rings. The summed E-state index contributed by atoms with van der Waals surface area (Å²) in [6.07, 6.45) is 0.702. The number of furan rings is 1. The number of benzene rings is 1. The summed E-state index contributed by atoms with van der Waals surface area (Å²) < 4.78 is 16.1. The van der Waals surface area contributed by atoms with Gasteiger partial charge in [-0.05, 0) is 36.6 Å². The van der Waals surface area contributed by atoms with Gasteiger partial charge in [0.25, 0.3) is 0 Å². The molecule has 4 atom stereocenters. The number of rotatable bonds is 10. The van der Waals surface area contributed by atoms with Crippen LogP contribution >= 0.6 is 34.8 Å². The number of para-hydroxylation sites is 1. The van der Waals surface area contributed by atoms with Crippen LogP contribution in [0.4, 0.5) is 5.69 Å². The average Bonchev–Trinajstić information content (AvgIpc) is 3.30. The van der Waals surface area contributed by atoms with Gasteiger partial charge >= 0.3 is 5.97 Å². The van der Waals surface area contributed by atoms with Gasteiger partial charge in [-0.1, -0.05) is 23.7 Å². The van der Waals surface area contributed by atoms with Crippen LogP contribution in [0.3, 0.4) is 0 Å². The molecular formula is C21H24Cl3NO5. The van der Waals surface area contributed by atoms with E-state index in [1.54, 1.807) is 6.07 Å². The van der Waals surface area contributed by atoms with E-state index in [0.717, 1.165) is 5.69 Å². The average molecular weight is 477 g/mol. The standard InChI is InChI=1S/C21H24Cl3NO5/c22-16-3-1-2-4-19(16)25-10-14-15(18(24)9-17(14)23)12-28-11-13-5-6-20(30-13)21(27)29-8-7-26/h1-6,14-15,17-18,25-26H,7-12H2/t14-,15-,17?,18?/m1/s1. The Morgan fingerprint density at radius 1 is 1.17 bits per heavy atom. The second-order valence-electron chi connectivity index (χ2n) is 7.10. The van der Waals surface area contributed by atoms with E-state index < -0.39 is 5.97 Å². The summed E-state index contributed by atoms with van der Waals surface area (Å²) in [7, 11) is 0. The number of hydrogen-bond acceptors (Lipinski definition) is 6. The van der Waals surface area contributed by atoms with Crippen LogP contribution in [0.1, 0.15) is 22.7 Å². The highest BCUT2D eigenvalue weighted by molar-refractivity contribution is 6.33. The molecule has 6 nitrogen and oxygen atoms in total. The number of aliphatic hydroxyl groups is 1. The summed E-state index contributed by atoms with van der Waals surface area (Å²) in [5, 5.41) is 12.6. The van der Waals surface area contributed by atoms with Crippen molar-refractivity contribution in [1.82, 2.24) is 0 Å². The van der Waals surface area contributed by atoms with Gasteiger partial charge in [-0.3, -0.25) is 0 Å². The quantitative estimate of drug-likeness (QED) is 0.386. The first kappa shape index (κ1) is 23.2. The molecular weight excluding hydrogens is 453 g/mol. The van der Waals surface area contributed by atoms with Crippen LogP contribution in [0.25, 0.3) is 0 Å². The monoisotopic (exact) mass is 475 g/mol. The molecule has 1 aromatic carbocycles. The summed E-state index contributed by atoms with van der Waals surface area (Å²) in [6.45, 7) is 0.934. The second kappa shape index (κ2) is 11.3. The number of ether oxygens (including phenoxy) is 2. The normalized spacial score (nSPS) is 23.5. The van der Waals surface area contributed by atoms with E-state index in [9.17, 15) is 4.79 Å². The summed E-state index contributed by atoms with van der Waals surface area (Å²) >= 11 is 19.3. The molecule has 1 heterocycles. The number of hydrogen-bond donors (Lipinski definition) is 2. The maximum Gasteiger partial charge on any atom is 0.374 e.